The Balaban J connectivity index is 1.48. The molecule has 0 spiro atoms. The Hall–Kier alpha value is -3.19. The van der Waals surface area contributed by atoms with Gasteiger partial charge in [-0.25, -0.2) is 9.50 Å². The first-order valence-electron chi connectivity index (χ1n) is 9.10. The zero-order chi connectivity index (χ0) is 19.5. The summed E-state index contributed by atoms with van der Waals surface area (Å²) in [5.41, 5.74) is 2.85. The summed E-state index contributed by atoms with van der Waals surface area (Å²) < 4.78 is 1.42. The number of benzene rings is 1. The molecule has 6 nitrogen and oxygen atoms in total. The van der Waals surface area contributed by atoms with Gasteiger partial charge in [0.05, 0.1) is 22.3 Å². The predicted octanol–water partition coefficient (Wildman–Crippen LogP) is 3.56. The molecule has 0 fully saturated rings. The minimum atomic E-state index is -0.346. The van der Waals surface area contributed by atoms with Crippen LogP contribution in [0.15, 0.2) is 64.8 Å². The van der Waals surface area contributed by atoms with Crippen LogP contribution in [0.25, 0.3) is 16.2 Å². The highest BCUT2D eigenvalue weighted by Gasteiger charge is 2.15. The molecular formula is C21H20N4O2S. The molecule has 3 aromatic heterocycles. The van der Waals surface area contributed by atoms with E-state index < -0.39 is 0 Å². The summed E-state index contributed by atoms with van der Waals surface area (Å²) in [6, 6.07) is 16.8. The summed E-state index contributed by atoms with van der Waals surface area (Å²) in [5, 5.41) is 7.99. The van der Waals surface area contributed by atoms with Crippen LogP contribution in [0.4, 0.5) is 0 Å². The fourth-order valence-electron chi connectivity index (χ4n) is 3.08. The molecule has 0 aliphatic carbocycles. The molecule has 4 rings (SSSR count). The van der Waals surface area contributed by atoms with E-state index in [0.717, 1.165) is 16.1 Å². The molecule has 1 amide bonds. The fourth-order valence-corrected chi connectivity index (χ4v) is 3.77. The number of rotatable bonds is 6. The maximum absolute atomic E-state index is 12.5. The molecule has 28 heavy (non-hydrogen) atoms. The number of carbonyl (C=O) groups excluding carboxylic acids is 1. The van der Waals surface area contributed by atoms with Gasteiger partial charge in [0.2, 0.25) is 5.91 Å². The number of fused-ring (bicyclic) bond motifs is 1. The summed E-state index contributed by atoms with van der Waals surface area (Å²) in [4.78, 5) is 30.3. The molecule has 0 aliphatic heterocycles. The molecule has 0 bridgehead atoms. The van der Waals surface area contributed by atoms with Crippen molar-refractivity contribution in [2.45, 2.75) is 25.8 Å². The van der Waals surface area contributed by atoms with Gasteiger partial charge in [-0.3, -0.25) is 14.7 Å². The number of aromatic amines is 1. The smallest absolute Gasteiger partial charge is 0.272 e. The molecule has 2 N–H and O–H groups in total. The minimum absolute atomic E-state index is 0.0632. The number of nitrogens with one attached hydrogen (secondary N) is 2. The van der Waals surface area contributed by atoms with Crippen LogP contribution in [0.1, 0.15) is 30.6 Å². The Morgan fingerprint density at radius 3 is 2.79 bits per heavy atom. The van der Waals surface area contributed by atoms with Gasteiger partial charge in [-0.15, -0.1) is 11.3 Å². The maximum atomic E-state index is 12.5. The van der Waals surface area contributed by atoms with Gasteiger partial charge in [-0.05, 0) is 30.4 Å². The van der Waals surface area contributed by atoms with Crippen molar-refractivity contribution in [3.8, 4) is 10.6 Å². The van der Waals surface area contributed by atoms with Gasteiger partial charge in [0.1, 0.15) is 0 Å². The van der Waals surface area contributed by atoms with E-state index in [1.54, 1.807) is 11.3 Å². The van der Waals surface area contributed by atoms with Crippen LogP contribution in [0.3, 0.4) is 0 Å². The number of hydrogen-bond donors (Lipinski definition) is 2. The number of nitrogens with zero attached hydrogens (tertiary/aromatic N) is 2. The molecule has 4 aromatic rings. The Labute approximate surface area is 165 Å². The highest BCUT2D eigenvalue weighted by molar-refractivity contribution is 7.13. The van der Waals surface area contributed by atoms with Gasteiger partial charge < -0.3 is 5.32 Å². The average molecular weight is 392 g/mol. The second-order valence-electron chi connectivity index (χ2n) is 6.63. The second kappa shape index (κ2) is 7.82. The molecular weight excluding hydrogens is 372 g/mol. The van der Waals surface area contributed by atoms with Crippen LogP contribution in [0.2, 0.25) is 0 Å². The first kappa shape index (κ1) is 18.2. The van der Waals surface area contributed by atoms with Crippen molar-refractivity contribution in [3.05, 3.63) is 81.6 Å². The van der Waals surface area contributed by atoms with Crippen molar-refractivity contribution in [3.63, 3.8) is 0 Å². The lowest BCUT2D eigenvalue weighted by Gasteiger charge is -2.13. The molecule has 1 unspecified atom stereocenters. The fraction of sp³-hybridized carbons (Fsp3) is 0.190. The van der Waals surface area contributed by atoms with Gasteiger partial charge in [-0.1, -0.05) is 36.4 Å². The van der Waals surface area contributed by atoms with Crippen molar-refractivity contribution < 1.29 is 4.79 Å². The first-order chi connectivity index (χ1) is 13.6. The number of thiophene rings is 1. The van der Waals surface area contributed by atoms with Gasteiger partial charge in [0.25, 0.3) is 5.56 Å². The second-order valence-corrected chi connectivity index (χ2v) is 7.58. The molecule has 0 radical (unpaired) electrons. The van der Waals surface area contributed by atoms with Gasteiger partial charge in [-0.2, -0.15) is 0 Å². The van der Waals surface area contributed by atoms with Crippen LogP contribution >= 0.6 is 11.3 Å². The summed E-state index contributed by atoms with van der Waals surface area (Å²) in [5.74, 6) is -0.0632. The number of amides is 1. The number of aryl methyl sites for hydroxylation is 1. The third-order valence-corrected chi connectivity index (χ3v) is 5.46. The monoisotopic (exact) mass is 392 g/mol. The third-order valence-electron chi connectivity index (χ3n) is 4.56. The Morgan fingerprint density at radius 1 is 1.21 bits per heavy atom. The summed E-state index contributed by atoms with van der Waals surface area (Å²) in [7, 11) is 0. The van der Waals surface area contributed by atoms with Crippen molar-refractivity contribution in [2.24, 2.45) is 0 Å². The predicted molar refractivity (Wildman–Crippen MR) is 110 cm³/mol. The molecule has 3 heterocycles. The molecule has 1 atom stereocenters. The lowest BCUT2D eigenvalue weighted by molar-refractivity contribution is -0.121. The summed E-state index contributed by atoms with van der Waals surface area (Å²) in [6.07, 6.45) is 1.07. The maximum Gasteiger partial charge on any atom is 0.272 e. The lowest BCUT2D eigenvalue weighted by atomic mass is 10.1. The Morgan fingerprint density at radius 2 is 2.04 bits per heavy atom. The van der Waals surface area contributed by atoms with E-state index in [9.17, 15) is 9.59 Å². The highest BCUT2D eigenvalue weighted by Crippen LogP contribution is 2.23. The van der Waals surface area contributed by atoms with E-state index in [-0.39, 0.29) is 17.5 Å². The number of hydrogen-bond acceptors (Lipinski definition) is 4. The number of carbonyl (C=O) groups is 1. The van der Waals surface area contributed by atoms with Crippen LogP contribution in [-0.2, 0) is 11.2 Å². The quantitative estimate of drug-likeness (QED) is 0.527. The van der Waals surface area contributed by atoms with Gasteiger partial charge >= 0.3 is 0 Å². The zero-order valence-corrected chi connectivity index (χ0v) is 16.2. The van der Waals surface area contributed by atoms with Crippen LogP contribution in [0, 0.1) is 0 Å². The average Bonchev–Trinajstić information content (AvgIpc) is 3.36. The van der Waals surface area contributed by atoms with Gasteiger partial charge in [0, 0.05) is 18.6 Å². The molecule has 142 valence electrons. The Bertz CT molecular complexity index is 1150. The molecule has 1 aromatic carbocycles. The van der Waals surface area contributed by atoms with Crippen molar-refractivity contribution in [1.29, 1.82) is 0 Å². The van der Waals surface area contributed by atoms with Crippen molar-refractivity contribution in [2.75, 3.05) is 0 Å². The van der Waals surface area contributed by atoms with E-state index in [0.29, 0.717) is 24.2 Å². The Kier molecular flexibility index (Phi) is 5.08. The van der Waals surface area contributed by atoms with E-state index >= 15 is 0 Å². The van der Waals surface area contributed by atoms with Crippen LogP contribution in [0.5, 0.6) is 0 Å². The van der Waals surface area contributed by atoms with Gasteiger partial charge in [0.15, 0.2) is 5.65 Å². The summed E-state index contributed by atoms with van der Waals surface area (Å²) >= 11 is 1.59. The van der Waals surface area contributed by atoms with E-state index in [1.165, 1.54) is 10.6 Å². The SMILES string of the molecule is CC(NC(=O)CCc1ccccc1)c1cc(=O)n2[nH]c(-c3cccs3)cc2n1. The summed E-state index contributed by atoms with van der Waals surface area (Å²) in [6.45, 7) is 1.84. The topological polar surface area (TPSA) is 79.3 Å². The van der Waals surface area contributed by atoms with Crippen molar-refractivity contribution in [1.82, 2.24) is 19.9 Å². The van der Waals surface area contributed by atoms with Crippen LogP contribution in [-0.4, -0.2) is 20.5 Å². The minimum Gasteiger partial charge on any atom is -0.348 e. The normalized spacial score (nSPS) is 12.2. The largest absolute Gasteiger partial charge is 0.348 e. The first-order valence-corrected chi connectivity index (χ1v) is 9.98. The molecule has 0 aliphatic rings. The zero-order valence-electron chi connectivity index (χ0n) is 15.4. The van der Waals surface area contributed by atoms with Crippen LogP contribution < -0.4 is 10.9 Å². The van der Waals surface area contributed by atoms with E-state index in [4.69, 9.17) is 0 Å². The van der Waals surface area contributed by atoms with E-state index in [1.807, 2.05) is 60.8 Å². The molecule has 0 saturated heterocycles. The highest BCUT2D eigenvalue weighted by atomic mass is 32.1. The lowest BCUT2D eigenvalue weighted by Crippen LogP contribution is -2.29. The third kappa shape index (κ3) is 3.89. The number of aromatic nitrogens is 3. The molecule has 0 saturated carbocycles. The number of H-pyrrole nitrogens is 1. The van der Waals surface area contributed by atoms with Crippen molar-refractivity contribution >= 4 is 22.9 Å². The van der Waals surface area contributed by atoms with E-state index in [2.05, 4.69) is 15.4 Å². The standard InChI is InChI=1S/C21H20N4O2S/c1-14(22-20(26)10-9-15-6-3-2-4-7-15)16-13-21(27)25-19(23-16)12-17(24-25)18-8-5-11-28-18/h2-8,11-14,24H,9-10H2,1H3,(H,22,26). The molecule has 7 heteroatoms.